The molecule has 0 aliphatic carbocycles. The second-order valence-electron chi connectivity index (χ2n) is 8.91. The molecule has 3 heterocycles. The van der Waals surface area contributed by atoms with Crippen LogP contribution >= 0.6 is 0 Å². The number of anilines is 4. The Morgan fingerprint density at radius 3 is 2.68 bits per heavy atom. The van der Waals surface area contributed by atoms with Crippen molar-refractivity contribution in [1.82, 2.24) is 24.4 Å². The summed E-state index contributed by atoms with van der Waals surface area (Å²) in [5.74, 6) is 0.680. The fourth-order valence-electron chi connectivity index (χ4n) is 4.01. The zero-order valence-corrected chi connectivity index (χ0v) is 21.8. The van der Waals surface area contributed by atoms with E-state index in [0.29, 0.717) is 23.1 Å². The second kappa shape index (κ2) is 11.1. The number of benzene rings is 1. The van der Waals surface area contributed by atoms with E-state index >= 15 is 0 Å². The summed E-state index contributed by atoms with van der Waals surface area (Å²) < 4.78 is 7.67. The first-order valence-electron chi connectivity index (χ1n) is 11.8. The monoisotopic (exact) mass is 500 g/mol. The molecule has 0 aliphatic rings. The number of hydrogen-bond donors (Lipinski definition) is 2. The molecule has 10 nitrogen and oxygen atoms in total. The lowest BCUT2D eigenvalue weighted by atomic mass is 10.1. The van der Waals surface area contributed by atoms with Crippen molar-refractivity contribution in [1.29, 1.82) is 0 Å². The van der Waals surface area contributed by atoms with Crippen LogP contribution < -0.4 is 20.3 Å². The largest absolute Gasteiger partial charge is 0.494 e. The Kier molecular flexibility index (Phi) is 7.69. The first-order valence-corrected chi connectivity index (χ1v) is 11.8. The van der Waals surface area contributed by atoms with E-state index in [9.17, 15) is 4.79 Å². The van der Waals surface area contributed by atoms with Crippen LogP contribution in [-0.2, 0) is 11.8 Å². The molecule has 1 aromatic carbocycles. The number of fused-ring (bicyclic) bond motifs is 1. The lowest BCUT2D eigenvalue weighted by Crippen LogP contribution is -2.29. The third-order valence-electron chi connectivity index (χ3n) is 5.97. The van der Waals surface area contributed by atoms with E-state index < -0.39 is 0 Å². The number of aromatic nitrogens is 4. The quantitative estimate of drug-likeness (QED) is 0.316. The molecule has 4 rings (SSSR count). The van der Waals surface area contributed by atoms with Gasteiger partial charge in [-0.3, -0.25) is 4.79 Å². The highest BCUT2D eigenvalue weighted by atomic mass is 16.5. The van der Waals surface area contributed by atoms with Gasteiger partial charge in [-0.1, -0.05) is 6.58 Å². The summed E-state index contributed by atoms with van der Waals surface area (Å²) in [6, 6.07) is 9.50. The molecule has 2 N–H and O–H groups in total. The van der Waals surface area contributed by atoms with Crippen LogP contribution in [0.1, 0.15) is 0 Å². The van der Waals surface area contributed by atoms with E-state index in [1.165, 1.54) is 6.08 Å². The van der Waals surface area contributed by atoms with Crippen molar-refractivity contribution in [2.45, 2.75) is 0 Å². The maximum Gasteiger partial charge on any atom is 0.247 e. The highest BCUT2D eigenvalue weighted by Crippen LogP contribution is 2.38. The first kappa shape index (κ1) is 25.6. The minimum absolute atomic E-state index is 0.304. The molecule has 0 fully saturated rings. The van der Waals surface area contributed by atoms with Gasteiger partial charge >= 0.3 is 0 Å². The van der Waals surface area contributed by atoms with E-state index in [1.54, 1.807) is 19.5 Å². The van der Waals surface area contributed by atoms with Gasteiger partial charge in [-0.2, -0.15) is 0 Å². The van der Waals surface area contributed by atoms with Crippen LogP contribution in [-0.4, -0.2) is 71.7 Å². The summed E-state index contributed by atoms with van der Waals surface area (Å²) >= 11 is 0. The molecular weight excluding hydrogens is 468 g/mol. The summed E-state index contributed by atoms with van der Waals surface area (Å²) in [6.07, 6.45) is 6.73. The summed E-state index contributed by atoms with van der Waals surface area (Å²) in [5.41, 5.74) is 4.64. The van der Waals surface area contributed by atoms with Crippen molar-refractivity contribution < 1.29 is 9.53 Å². The molecule has 0 radical (unpaired) electrons. The molecule has 0 saturated heterocycles. The Labute approximate surface area is 216 Å². The van der Waals surface area contributed by atoms with Crippen LogP contribution in [0.15, 0.2) is 61.6 Å². The molecule has 192 valence electrons. The Bertz CT molecular complexity index is 1430. The molecule has 3 aromatic heterocycles. The Morgan fingerprint density at radius 1 is 1.14 bits per heavy atom. The summed E-state index contributed by atoms with van der Waals surface area (Å²) in [7, 11) is 9.57. The predicted molar refractivity (Wildman–Crippen MR) is 149 cm³/mol. The fourth-order valence-corrected chi connectivity index (χ4v) is 4.01. The van der Waals surface area contributed by atoms with Crippen molar-refractivity contribution in [3.63, 3.8) is 0 Å². The van der Waals surface area contributed by atoms with Crippen molar-refractivity contribution in [3.8, 4) is 17.0 Å². The van der Waals surface area contributed by atoms with Gasteiger partial charge in [0.05, 0.1) is 29.9 Å². The highest BCUT2D eigenvalue weighted by Gasteiger charge is 2.17. The Balaban J connectivity index is 1.71. The third kappa shape index (κ3) is 5.70. The maximum absolute atomic E-state index is 12.2. The molecule has 0 saturated carbocycles. The van der Waals surface area contributed by atoms with Gasteiger partial charge in [-0.15, -0.1) is 0 Å². The van der Waals surface area contributed by atoms with Crippen molar-refractivity contribution in [2.75, 3.05) is 56.9 Å². The maximum atomic E-state index is 12.2. The number of amides is 1. The molecule has 0 aliphatic heterocycles. The van der Waals surface area contributed by atoms with Gasteiger partial charge in [0.2, 0.25) is 11.9 Å². The van der Waals surface area contributed by atoms with Crippen molar-refractivity contribution in [3.05, 3.63) is 61.6 Å². The standard InChI is InChI=1S/C27H32N8O2/c1-7-25(36)30-21-15-22(24(37-6)16-23(21)34(4)14-13-33(2)3)32-27-29-12-10-20(31-27)19-17-35(5)26-18(19)9-8-11-28-26/h7-12,15-17H,1,13-14H2,2-6H3,(H,30,36)(H,29,31,32). The number of nitrogens with zero attached hydrogens (tertiary/aromatic N) is 6. The van der Waals surface area contributed by atoms with Crippen molar-refractivity contribution >= 4 is 40.0 Å². The molecule has 0 unspecified atom stereocenters. The number of pyridine rings is 1. The SMILES string of the molecule is C=CC(=O)Nc1cc(Nc2nccc(-c3cn(C)c4ncccc34)n2)c(OC)cc1N(C)CCN(C)C. The van der Waals surface area contributed by atoms with Crippen LogP contribution in [0.4, 0.5) is 23.0 Å². The van der Waals surface area contributed by atoms with E-state index in [-0.39, 0.29) is 5.91 Å². The van der Waals surface area contributed by atoms with E-state index in [1.807, 2.05) is 69.3 Å². The smallest absolute Gasteiger partial charge is 0.247 e. The number of carbonyl (C=O) groups is 1. The molecule has 1 amide bonds. The van der Waals surface area contributed by atoms with Gasteiger partial charge < -0.3 is 29.7 Å². The molecule has 4 aromatic rings. The van der Waals surface area contributed by atoms with Gasteiger partial charge in [0.1, 0.15) is 11.4 Å². The van der Waals surface area contributed by atoms with Crippen LogP contribution in [0.3, 0.4) is 0 Å². The van der Waals surface area contributed by atoms with Gasteiger partial charge in [0.15, 0.2) is 0 Å². The van der Waals surface area contributed by atoms with Crippen LogP contribution in [0, 0.1) is 0 Å². The molecule has 0 bridgehead atoms. The zero-order chi connectivity index (χ0) is 26.5. The predicted octanol–water partition coefficient (Wildman–Crippen LogP) is 3.90. The number of likely N-dealkylation sites (N-methyl/N-ethyl adjacent to an activating group) is 2. The fraction of sp³-hybridized carbons (Fsp3) is 0.259. The van der Waals surface area contributed by atoms with Gasteiger partial charge in [-0.05, 0) is 44.4 Å². The molecular formula is C27H32N8O2. The van der Waals surface area contributed by atoms with Crippen LogP contribution in [0.5, 0.6) is 5.75 Å². The van der Waals surface area contributed by atoms with E-state index in [0.717, 1.165) is 41.1 Å². The lowest BCUT2D eigenvalue weighted by Gasteiger charge is -2.26. The zero-order valence-electron chi connectivity index (χ0n) is 21.8. The Morgan fingerprint density at radius 2 is 1.95 bits per heavy atom. The van der Waals surface area contributed by atoms with Crippen LogP contribution in [0.2, 0.25) is 0 Å². The second-order valence-corrected chi connectivity index (χ2v) is 8.91. The van der Waals surface area contributed by atoms with Gasteiger partial charge in [0, 0.05) is 62.8 Å². The van der Waals surface area contributed by atoms with E-state index in [4.69, 9.17) is 9.72 Å². The van der Waals surface area contributed by atoms with Gasteiger partial charge in [-0.25, -0.2) is 15.0 Å². The summed E-state index contributed by atoms with van der Waals surface area (Å²) in [4.78, 5) is 30.0. The summed E-state index contributed by atoms with van der Waals surface area (Å²) in [5, 5.41) is 7.18. The van der Waals surface area contributed by atoms with Crippen molar-refractivity contribution in [2.24, 2.45) is 7.05 Å². The first-order chi connectivity index (χ1) is 17.8. The number of hydrogen-bond acceptors (Lipinski definition) is 8. The number of nitrogens with one attached hydrogen (secondary N) is 2. The average molecular weight is 501 g/mol. The normalized spacial score (nSPS) is 11.0. The number of carbonyl (C=O) groups excluding carboxylic acids is 1. The Hall–Kier alpha value is -4.44. The minimum atomic E-state index is -0.304. The van der Waals surface area contributed by atoms with E-state index in [2.05, 4.69) is 37.0 Å². The molecule has 10 heteroatoms. The lowest BCUT2D eigenvalue weighted by molar-refractivity contribution is -0.111. The summed E-state index contributed by atoms with van der Waals surface area (Å²) in [6.45, 7) is 5.18. The molecule has 0 atom stereocenters. The van der Waals surface area contributed by atoms with Crippen LogP contribution in [0.25, 0.3) is 22.3 Å². The number of methoxy groups -OCH3 is 1. The molecule has 0 spiro atoms. The highest BCUT2D eigenvalue weighted by molar-refractivity contribution is 6.02. The molecule has 37 heavy (non-hydrogen) atoms. The number of aryl methyl sites for hydroxylation is 1. The number of ether oxygens (including phenoxy) is 1. The number of rotatable bonds is 10. The third-order valence-corrected chi connectivity index (χ3v) is 5.97. The average Bonchev–Trinajstić information content (AvgIpc) is 3.24. The minimum Gasteiger partial charge on any atom is -0.494 e. The topological polar surface area (TPSA) is 100 Å². The van der Waals surface area contributed by atoms with Gasteiger partial charge in [0.25, 0.3) is 0 Å².